The Hall–Kier alpha value is -10.9. The zero-order chi connectivity index (χ0) is 62.0. The van der Waals surface area contributed by atoms with Gasteiger partial charge in [0, 0.05) is 0 Å². The highest BCUT2D eigenvalue weighted by Crippen LogP contribution is 2.32. The summed E-state index contributed by atoms with van der Waals surface area (Å²) >= 11 is 0. The Kier molecular flexibility index (Phi) is 20.0. The number of rotatable bonds is 4. The summed E-state index contributed by atoms with van der Waals surface area (Å²) in [6, 6.07) is 125. The van der Waals surface area contributed by atoms with Crippen molar-refractivity contribution in [2.24, 2.45) is 0 Å². The van der Waals surface area contributed by atoms with Crippen LogP contribution in [-0.4, -0.2) is 0 Å². The highest BCUT2D eigenvalue weighted by molar-refractivity contribution is 5.99. The van der Waals surface area contributed by atoms with Crippen LogP contribution in [0.5, 0.6) is 0 Å². The van der Waals surface area contributed by atoms with Gasteiger partial charge in [-0.2, -0.15) is 0 Å². The van der Waals surface area contributed by atoms with Crippen LogP contribution >= 0.6 is 0 Å². The molecule has 16 rings (SSSR count). The normalized spacial score (nSPS) is 10.6. The summed E-state index contributed by atoms with van der Waals surface area (Å²) in [6.07, 6.45) is 0. The van der Waals surface area contributed by atoms with Crippen molar-refractivity contribution in [3.05, 3.63) is 385 Å². The topological polar surface area (TPSA) is 0 Å². The van der Waals surface area contributed by atoms with E-state index >= 15 is 0 Å². The lowest BCUT2D eigenvalue weighted by molar-refractivity contribution is 1.47. The van der Waals surface area contributed by atoms with E-state index in [0.717, 1.165) is 0 Å². The van der Waals surface area contributed by atoms with Crippen molar-refractivity contribution >= 4 is 64.6 Å². The average Bonchev–Trinajstić information content (AvgIpc) is 1.11. The summed E-state index contributed by atoms with van der Waals surface area (Å²) in [4.78, 5) is 0. The van der Waals surface area contributed by atoms with Gasteiger partial charge < -0.3 is 0 Å². The molecule has 0 amide bonds. The quantitative estimate of drug-likeness (QED) is 0.165. The van der Waals surface area contributed by atoms with Gasteiger partial charge in [-0.25, -0.2) is 0 Å². The van der Waals surface area contributed by atoms with Crippen molar-refractivity contribution in [2.45, 2.75) is 41.5 Å². The third kappa shape index (κ3) is 15.6. The number of hydrogen-bond donors (Lipinski definition) is 0. The second kappa shape index (κ2) is 29.7. The molecule has 436 valence electrons. The molecule has 0 saturated carbocycles. The first-order chi connectivity index (χ1) is 44.1. The Balaban J connectivity index is 0.000000112. The van der Waals surface area contributed by atoms with Gasteiger partial charge in [-0.05, 0) is 174 Å². The summed E-state index contributed by atoms with van der Waals surface area (Å²) in [6.45, 7) is 12.8. The summed E-state index contributed by atoms with van der Waals surface area (Å²) in [5, 5.41) is 15.8. The van der Waals surface area contributed by atoms with Crippen LogP contribution in [0.25, 0.3) is 109 Å². The summed E-state index contributed by atoms with van der Waals surface area (Å²) in [5.41, 5.74) is 18.2. The van der Waals surface area contributed by atoms with Gasteiger partial charge in [0.2, 0.25) is 0 Å². The van der Waals surface area contributed by atoms with Crippen molar-refractivity contribution in [2.75, 3.05) is 0 Å². The number of aryl methyl sites for hydroxylation is 6. The van der Waals surface area contributed by atoms with Crippen LogP contribution in [0.4, 0.5) is 0 Å². The van der Waals surface area contributed by atoms with Crippen molar-refractivity contribution in [1.82, 2.24) is 0 Å². The molecule has 0 aliphatic rings. The maximum atomic E-state index is 2.25. The molecule has 0 fully saturated rings. The molecule has 0 nitrogen and oxygen atoms in total. The Morgan fingerprint density at radius 2 is 0.467 bits per heavy atom. The predicted octanol–water partition coefficient (Wildman–Crippen LogP) is 25.6. The molecule has 16 aromatic rings. The van der Waals surface area contributed by atoms with E-state index in [1.165, 1.54) is 143 Å². The molecule has 0 saturated heterocycles. The number of hydrogen-bond acceptors (Lipinski definition) is 0. The van der Waals surface area contributed by atoms with Gasteiger partial charge in [0.1, 0.15) is 0 Å². The third-order valence-electron chi connectivity index (χ3n) is 16.5. The first-order valence-electron chi connectivity index (χ1n) is 31.2. The van der Waals surface area contributed by atoms with Crippen LogP contribution < -0.4 is 0 Å². The highest BCUT2D eigenvalue weighted by atomic mass is 14.1. The SMILES string of the molecule is Cc1ccc(-c2ccc3ccccc3c2)cc1.Cc1ccc(-c2cccc3ccccc23)cc1.Cc1ccc(-c2ccccc2)c2ccccc12.Cc1ccc2cc(-c3ccccc3)ccc2c1.Cc1ccc2ccccc2c1.Cc1cccc2ccccc12. The molecule has 0 radical (unpaired) electrons. The minimum absolute atomic E-state index is 1.27. The Morgan fingerprint density at radius 3 is 1.04 bits per heavy atom. The zero-order valence-electron chi connectivity index (χ0n) is 52.5. The van der Waals surface area contributed by atoms with Crippen molar-refractivity contribution in [1.29, 1.82) is 0 Å². The average molecular weight is 1160 g/mol. The minimum Gasteiger partial charge on any atom is -0.0622 e. The lowest BCUT2D eigenvalue weighted by atomic mass is 9.96. The van der Waals surface area contributed by atoms with Crippen molar-refractivity contribution < 1.29 is 0 Å². The van der Waals surface area contributed by atoms with E-state index in [2.05, 4.69) is 387 Å². The van der Waals surface area contributed by atoms with E-state index in [9.17, 15) is 0 Å². The minimum atomic E-state index is 1.27. The van der Waals surface area contributed by atoms with Gasteiger partial charge in [-0.15, -0.1) is 0 Å². The lowest BCUT2D eigenvalue weighted by Crippen LogP contribution is -1.83. The molecule has 0 heterocycles. The number of fused-ring (bicyclic) bond motifs is 6. The molecule has 0 atom stereocenters. The van der Waals surface area contributed by atoms with Gasteiger partial charge in [0.25, 0.3) is 0 Å². The van der Waals surface area contributed by atoms with Crippen LogP contribution in [0.2, 0.25) is 0 Å². The smallest absolute Gasteiger partial charge is 0.0103 e. The van der Waals surface area contributed by atoms with E-state index < -0.39 is 0 Å². The Labute approximate surface area is 532 Å². The van der Waals surface area contributed by atoms with Gasteiger partial charge in [-0.1, -0.05) is 362 Å². The fourth-order valence-electron chi connectivity index (χ4n) is 11.5. The lowest BCUT2D eigenvalue weighted by Gasteiger charge is -2.09. The van der Waals surface area contributed by atoms with Gasteiger partial charge in [-0.3, -0.25) is 0 Å². The molecule has 0 aliphatic heterocycles. The second-order valence-corrected chi connectivity index (χ2v) is 23.2. The van der Waals surface area contributed by atoms with Gasteiger partial charge >= 0.3 is 0 Å². The van der Waals surface area contributed by atoms with Crippen LogP contribution in [-0.2, 0) is 0 Å². The summed E-state index contributed by atoms with van der Waals surface area (Å²) < 4.78 is 0. The molecule has 0 spiro atoms. The monoisotopic (exact) mass is 1160 g/mol. The summed E-state index contributed by atoms with van der Waals surface area (Å²) in [7, 11) is 0. The standard InChI is InChI=1S/4C17H14.2C11H10/c1-13-9-11-15(12-10-13)17-8-4-6-14-5-2-3-7-16(14)17;1-13-11-12-16(14-7-3-2-4-8-14)17-10-6-5-9-15(13)17;1-13-6-8-15(9-7-13)17-11-10-14-4-2-3-5-16(14)12-17;1-13-7-8-17-12-16(10-9-15(17)11-13)14-5-3-2-4-6-14;1-9-5-4-7-10-6-2-3-8-11(9)10;1-9-6-7-10-4-2-3-5-11(10)8-9/h4*2-12H,1H3;2*2-8H,1H3. The third-order valence-corrected chi connectivity index (χ3v) is 16.5. The molecule has 0 heteroatoms. The van der Waals surface area contributed by atoms with E-state index in [4.69, 9.17) is 0 Å². The van der Waals surface area contributed by atoms with Crippen LogP contribution in [0.15, 0.2) is 352 Å². The molecule has 0 aromatic heterocycles. The molecule has 0 aliphatic carbocycles. The van der Waals surface area contributed by atoms with E-state index in [1.807, 2.05) is 6.07 Å². The van der Waals surface area contributed by atoms with E-state index in [0.29, 0.717) is 0 Å². The molecule has 0 N–H and O–H groups in total. The fourth-order valence-corrected chi connectivity index (χ4v) is 11.5. The highest BCUT2D eigenvalue weighted by Gasteiger charge is 2.06. The first kappa shape index (κ1) is 60.8. The molecular formula is C90H76. The van der Waals surface area contributed by atoms with Gasteiger partial charge in [0.15, 0.2) is 0 Å². The fraction of sp³-hybridized carbons (Fsp3) is 0.0667. The number of benzene rings is 16. The van der Waals surface area contributed by atoms with Crippen molar-refractivity contribution in [3.63, 3.8) is 0 Å². The molecular weight excluding hydrogens is 1080 g/mol. The maximum absolute atomic E-state index is 2.25. The molecule has 0 bridgehead atoms. The Morgan fingerprint density at radius 1 is 0.144 bits per heavy atom. The van der Waals surface area contributed by atoms with Gasteiger partial charge in [0.05, 0.1) is 0 Å². The maximum Gasteiger partial charge on any atom is -0.0103 e. The zero-order valence-corrected chi connectivity index (χ0v) is 52.5. The first-order valence-corrected chi connectivity index (χ1v) is 31.2. The van der Waals surface area contributed by atoms with Crippen LogP contribution in [0.1, 0.15) is 33.4 Å². The van der Waals surface area contributed by atoms with Crippen LogP contribution in [0.3, 0.4) is 0 Å². The largest absolute Gasteiger partial charge is 0.0622 e. The summed E-state index contributed by atoms with van der Waals surface area (Å²) in [5.74, 6) is 0. The van der Waals surface area contributed by atoms with E-state index in [1.54, 1.807) is 0 Å². The van der Waals surface area contributed by atoms with Crippen LogP contribution in [0, 0.1) is 41.5 Å². The molecule has 16 aromatic carbocycles. The second-order valence-electron chi connectivity index (χ2n) is 23.2. The molecule has 90 heavy (non-hydrogen) atoms. The predicted molar refractivity (Wildman–Crippen MR) is 394 cm³/mol. The van der Waals surface area contributed by atoms with E-state index in [-0.39, 0.29) is 0 Å². The molecule has 0 unspecified atom stereocenters. The van der Waals surface area contributed by atoms with Crippen molar-refractivity contribution in [3.8, 4) is 44.5 Å². The Bertz CT molecular complexity index is 4950.